The zero-order valence-electron chi connectivity index (χ0n) is 15.4. The smallest absolute Gasteiger partial charge is 0.0443 e. The predicted molar refractivity (Wildman–Crippen MR) is 94.2 cm³/mol. The van der Waals surface area contributed by atoms with Crippen LogP contribution in [0.25, 0.3) is 0 Å². The minimum absolute atomic E-state index is 0.883. The molecular formula is C20H42. The van der Waals surface area contributed by atoms with Crippen LogP contribution in [0.15, 0.2) is 0 Å². The van der Waals surface area contributed by atoms with E-state index in [4.69, 9.17) is 0 Å². The summed E-state index contributed by atoms with van der Waals surface area (Å²) >= 11 is 0. The van der Waals surface area contributed by atoms with E-state index in [0.717, 1.165) is 23.7 Å². The van der Waals surface area contributed by atoms with Gasteiger partial charge < -0.3 is 0 Å². The zero-order valence-corrected chi connectivity index (χ0v) is 15.4. The van der Waals surface area contributed by atoms with Crippen LogP contribution in [0.2, 0.25) is 0 Å². The second-order valence-electron chi connectivity index (χ2n) is 8.14. The summed E-state index contributed by atoms with van der Waals surface area (Å²) in [5.41, 5.74) is 0. The van der Waals surface area contributed by atoms with Gasteiger partial charge in [-0.15, -0.1) is 0 Å². The molecule has 0 heteroatoms. The highest BCUT2D eigenvalue weighted by atomic mass is 14.1. The van der Waals surface area contributed by atoms with Crippen molar-refractivity contribution in [3.63, 3.8) is 0 Å². The average Bonchev–Trinajstić information content (AvgIpc) is 2.33. The molecule has 0 N–H and O–H groups in total. The standard InChI is InChI=1S/C20H42/c1-17(2)11-9-15-19(5)13-7-8-14-20(6)16-10-12-18(3)4/h17-20H,7-16H2,1-6H3/t19-,20-/m1/s1. The fraction of sp³-hybridized carbons (Fsp3) is 1.00. The van der Waals surface area contributed by atoms with Gasteiger partial charge in [-0.3, -0.25) is 0 Å². The number of hydrogen-bond acceptors (Lipinski definition) is 0. The van der Waals surface area contributed by atoms with E-state index >= 15 is 0 Å². The Morgan fingerprint density at radius 3 is 1.00 bits per heavy atom. The maximum atomic E-state index is 2.45. The van der Waals surface area contributed by atoms with E-state index in [1.807, 2.05) is 0 Å². The van der Waals surface area contributed by atoms with Crippen molar-refractivity contribution in [1.29, 1.82) is 0 Å². The van der Waals surface area contributed by atoms with Crippen LogP contribution in [0.5, 0.6) is 0 Å². The molecule has 0 radical (unpaired) electrons. The Hall–Kier alpha value is 0. The zero-order chi connectivity index (χ0) is 15.4. The summed E-state index contributed by atoms with van der Waals surface area (Å²) in [4.78, 5) is 0. The lowest BCUT2D eigenvalue weighted by Gasteiger charge is -2.14. The molecule has 0 unspecified atom stereocenters. The van der Waals surface area contributed by atoms with Crippen LogP contribution in [0, 0.1) is 23.7 Å². The molecule has 0 aliphatic rings. The minimum Gasteiger partial charge on any atom is -0.0628 e. The van der Waals surface area contributed by atoms with E-state index in [2.05, 4.69) is 41.5 Å². The van der Waals surface area contributed by atoms with Gasteiger partial charge in [-0.1, -0.05) is 106 Å². The van der Waals surface area contributed by atoms with Gasteiger partial charge in [0.15, 0.2) is 0 Å². The second kappa shape index (κ2) is 12.7. The molecule has 0 spiro atoms. The van der Waals surface area contributed by atoms with Crippen molar-refractivity contribution in [2.45, 2.75) is 106 Å². The minimum atomic E-state index is 0.883. The van der Waals surface area contributed by atoms with Gasteiger partial charge in [-0.2, -0.15) is 0 Å². The molecule has 0 aliphatic carbocycles. The van der Waals surface area contributed by atoms with E-state index in [1.54, 1.807) is 0 Å². The van der Waals surface area contributed by atoms with Crippen molar-refractivity contribution < 1.29 is 0 Å². The quantitative estimate of drug-likeness (QED) is 0.307. The Balaban J connectivity index is 3.36. The van der Waals surface area contributed by atoms with Crippen LogP contribution >= 0.6 is 0 Å². The molecule has 20 heavy (non-hydrogen) atoms. The summed E-state index contributed by atoms with van der Waals surface area (Å²) in [6.45, 7) is 14.3. The van der Waals surface area contributed by atoms with Gasteiger partial charge in [0.05, 0.1) is 0 Å². The van der Waals surface area contributed by atoms with Gasteiger partial charge >= 0.3 is 0 Å². The van der Waals surface area contributed by atoms with Crippen molar-refractivity contribution >= 4 is 0 Å². The van der Waals surface area contributed by atoms with Crippen LogP contribution in [-0.4, -0.2) is 0 Å². The molecule has 0 saturated carbocycles. The predicted octanol–water partition coefficient (Wildman–Crippen LogP) is 7.47. The molecule has 0 nitrogen and oxygen atoms in total. The van der Waals surface area contributed by atoms with Crippen LogP contribution < -0.4 is 0 Å². The van der Waals surface area contributed by atoms with Crippen molar-refractivity contribution in [3.8, 4) is 0 Å². The molecule has 0 aromatic rings. The Morgan fingerprint density at radius 1 is 0.400 bits per heavy atom. The highest BCUT2D eigenvalue weighted by molar-refractivity contribution is 4.59. The largest absolute Gasteiger partial charge is 0.0628 e. The van der Waals surface area contributed by atoms with E-state index in [1.165, 1.54) is 64.2 Å². The third-order valence-corrected chi connectivity index (χ3v) is 4.60. The molecule has 0 saturated heterocycles. The van der Waals surface area contributed by atoms with Gasteiger partial charge in [0.25, 0.3) is 0 Å². The summed E-state index contributed by atoms with van der Waals surface area (Å²) in [5.74, 6) is 3.66. The number of unbranched alkanes of at least 4 members (excludes halogenated alkanes) is 1. The van der Waals surface area contributed by atoms with Crippen molar-refractivity contribution in [3.05, 3.63) is 0 Å². The monoisotopic (exact) mass is 282 g/mol. The normalized spacial score (nSPS) is 15.0. The molecule has 0 rings (SSSR count). The Kier molecular flexibility index (Phi) is 12.7. The number of hydrogen-bond donors (Lipinski definition) is 0. The van der Waals surface area contributed by atoms with E-state index < -0.39 is 0 Å². The molecule has 122 valence electrons. The lowest BCUT2D eigenvalue weighted by atomic mass is 9.92. The molecule has 0 fully saturated rings. The van der Waals surface area contributed by atoms with Crippen LogP contribution in [0.1, 0.15) is 106 Å². The van der Waals surface area contributed by atoms with Gasteiger partial charge in [0, 0.05) is 0 Å². The SMILES string of the molecule is CC(C)CCC[C@H](C)CCCC[C@@H](C)CCCC(C)C. The van der Waals surface area contributed by atoms with Crippen LogP contribution in [0.4, 0.5) is 0 Å². The highest BCUT2D eigenvalue weighted by Crippen LogP contribution is 2.21. The number of rotatable bonds is 13. The molecule has 0 amide bonds. The van der Waals surface area contributed by atoms with Crippen molar-refractivity contribution in [2.24, 2.45) is 23.7 Å². The summed E-state index contributed by atoms with van der Waals surface area (Å²) in [7, 11) is 0. The van der Waals surface area contributed by atoms with E-state index in [-0.39, 0.29) is 0 Å². The average molecular weight is 283 g/mol. The molecule has 0 aromatic carbocycles. The van der Waals surface area contributed by atoms with Crippen molar-refractivity contribution in [2.75, 3.05) is 0 Å². The molecule has 0 heterocycles. The summed E-state index contributed by atoms with van der Waals surface area (Å²) in [6.07, 6.45) is 14.4. The lowest BCUT2D eigenvalue weighted by Crippen LogP contribution is -1.99. The van der Waals surface area contributed by atoms with E-state index in [9.17, 15) is 0 Å². The molecular weight excluding hydrogens is 240 g/mol. The highest BCUT2D eigenvalue weighted by Gasteiger charge is 2.06. The summed E-state index contributed by atoms with van der Waals surface area (Å²) in [5, 5.41) is 0. The Bertz CT molecular complexity index is 170. The van der Waals surface area contributed by atoms with Gasteiger partial charge in [0.1, 0.15) is 0 Å². The molecule has 0 aromatic heterocycles. The Morgan fingerprint density at radius 2 is 0.700 bits per heavy atom. The summed E-state index contributed by atoms with van der Waals surface area (Å²) < 4.78 is 0. The topological polar surface area (TPSA) is 0 Å². The van der Waals surface area contributed by atoms with Gasteiger partial charge in [-0.05, 0) is 23.7 Å². The first-order valence-electron chi connectivity index (χ1n) is 9.41. The van der Waals surface area contributed by atoms with Crippen LogP contribution in [-0.2, 0) is 0 Å². The second-order valence-corrected chi connectivity index (χ2v) is 8.14. The lowest BCUT2D eigenvalue weighted by molar-refractivity contribution is 0.390. The first kappa shape index (κ1) is 20.0. The van der Waals surface area contributed by atoms with Crippen molar-refractivity contribution in [1.82, 2.24) is 0 Å². The fourth-order valence-corrected chi connectivity index (χ4v) is 3.02. The third-order valence-electron chi connectivity index (χ3n) is 4.60. The van der Waals surface area contributed by atoms with Gasteiger partial charge in [-0.25, -0.2) is 0 Å². The molecule has 2 atom stereocenters. The summed E-state index contributed by atoms with van der Waals surface area (Å²) in [6, 6.07) is 0. The first-order chi connectivity index (χ1) is 9.41. The Labute approximate surface area is 130 Å². The maximum absolute atomic E-state index is 2.45. The molecule has 0 bridgehead atoms. The molecule has 0 aliphatic heterocycles. The third kappa shape index (κ3) is 14.4. The van der Waals surface area contributed by atoms with E-state index in [0.29, 0.717) is 0 Å². The van der Waals surface area contributed by atoms with Crippen LogP contribution in [0.3, 0.4) is 0 Å². The van der Waals surface area contributed by atoms with Gasteiger partial charge in [0.2, 0.25) is 0 Å². The fourth-order valence-electron chi connectivity index (χ4n) is 3.02. The first-order valence-corrected chi connectivity index (χ1v) is 9.41. The maximum Gasteiger partial charge on any atom is -0.0443 e.